The number of carbonyl (C=O) groups is 1. The Bertz CT molecular complexity index is 884. The Balaban J connectivity index is 1.78. The number of nitrogens with zero attached hydrogens (tertiary/aromatic N) is 3. The molecule has 0 fully saturated rings. The number of aromatic nitrogens is 3. The van der Waals surface area contributed by atoms with Crippen LogP contribution in [0, 0.1) is 5.41 Å². The maximum atomic E-state index is 12.3. The second kappa shape index (κ2) is 6.87. The molecule has 1 aliphatic heterocycles. The van der Waals surface area contributed by atoms with E-state index in [1.54, 1.807) is 6.20 Å². The van der Waals surface area contributed by atoms with Gasteiger partial charge >= 0.3 is 0 Å². The molecule has 0 radical (unpaired) electrons. The fourth-order valence-electron chi connectivity index (χ4n) is 2.85. The van der Waals surface area contributed by atoms with Crippen LogP contribution in [0.5, 0.6) is 0 Å². The number of carbonyl (C=O) groups excluding carboxylic acids is 1. The highest BCUT2D eigenvalue weighted by atomic mass is 16.2. The van der Waals surface area contributed by atoms with Crippen molar-refractivity contribution in [3.8, 4) is 0 Å². The average Bonchev–Trinajstić information content (AvgIpc) is 2.56. The molecule has 2 aromatic rings. The van der Waals surface area contributed by atoms with E-state index >= 15 is 0 Å². The van der Waals surface area contributed by atoms with Crippen molar-refractivity contribution in [3.63, 3.8) is 0 Å². The van der Waals surface area contributed by atoms with Crippen LogP contribution in [0.2, 0.25) is 0 Å². The zero-order chi connectivity index (χ0) is 18.9. The molecule has 3 rings (SSSR count). The summed E-state index contributed by atoms with van der Waals surface area (Å²) < 4.78 is 0. The van der Waals surface area contributed by atoms with Crippen LogP contribution >= 0.6 is 0 Å². The Morgan fingerprint density at radius 3 is 2.92 bits per heavy atom. The van der Waals surface area contributed by atoms with Gasteiger partial charge < -0.3 is 11.1 Å². The van der Waals surface area contributed by atoms with Crippen LogP contribution < -0.4 is 16.6 Å². The number of hydrogen-bond acceptors (Lipinski definition) is 6. The Morgan fingerprint density at radius 2 is 2.19 bits per heavy atom. The van der Waals surface area contributed by atoms with Gasteiger partial charge in [-0.05, 0) is 6.07 Å². The van der Waals surface area contributed by atoms with Gasteiger partial charge in [-0.3, -0.25) is 19.5 Å². The van der Waals surface area contributed by atoms with Crippen LogP contribution in [-0.4, -0.2) is 32.3 Å². The minimum Gasteiger partial charge on any atom is -0.369 e. The summed E-state index contributed by atoms with van der Waals surface area (Å²) >= 11 is 0. The molecule has 0 atom stereocenters. The summed E-state index contributed by atoms with van der Waals surface area (Å²) in [4.78, 5) is 37.7. The number of pyridine rings is 1. The molecule has 26 heavy (non-hydrogen) atoms. The van der Waals surface area contributed by atoms with Crippen molar-refractivity contribution in [1.82, 2.24) is 19.9 Å². The van der Waals surface area contributed by atoms with Gasteiger partial charge in [0.05, 0.1) is 11.3 Å². The number of nitrogen functional groups attached to an aromatic ring is 1. The largest absolute Gasteiger partial charge is 0.369 e. The molecule has 8 heteroatoms. The maximum absolute atomic E-state index is 12.3. The van der Waals surface area contributed by atoms with Crippen LogP contribution in [-0.2, 0) is 24.3 Å². The van der Waals surface area contributed by atoms with Crippen molar-refractivity contribution < 1.29 is 4.79 Å². The zero-order valence-corrected chi connectivity index (χ0v) is 15.3. The van der Waals surface area contributed by atoms with Crippen molar-refractivity contribution in [1.29, 1.82) is 0 Å². The molecule has 8 nitrogen and oxygen atoms in total. The molecular weight excluding hydrogens is 332 g/mol. The van der Waals surface area contributed by atoms with E-state index in [0.29, 0.717) is 30.9 Å². The molecule has 0 bridgehead atoms. The van der Waals surface area contributed by atoms with Gasteiger partial charge in [0, 0.05) is 43.2 Å². The van der Waals surface area contributed by atoms with Crippen LogP contribution in [0.25, 0.3) is 0 Å². The molecule has 4 N–H and O–H groups in total. The van der Waals surface area contributed by atoms with Crippen molar-refractivity contribution in [2.75, 3.05) is 17.6 Å². The van der Waals surface area contributed by atoms with Crippen LogP contribution in [0.4, 0.5) is 11.8 Å². The highest BCUT2D eigenvalue weighted by Gasteiger charge is 2.24. The van der Waals surface area contributed by atoms with E-state index < -0.39 is 5.41 Å². The fraction of sp³-hybridized carbons (Fsp3) is 0.444. The number of nitrogens with one attached hydrogen (secondary N) is 2. The Morgan fingerprint density at radius 1 is 1.42 bits per heavy atom. The van der Waals surface area contributed by atoms with E-state index in [-0.39, 0.29) is 17.4 Å². The maximum Gasteiger partial charge on any atom is 0.257 e. The first-order valence-electron chi connectivity index (χ1n) is 8.59. The molecule has 0 spiro atoms. The van der Waals surface area contributed by atoms with Crippen LogP contribution in [0.15, 0.2) is 23.1 Å². The third-order valence-electron chi connectivity index (χ3n) is 4.36. The van der Waals surface area contributed by atoms with Gasteiger partial charge in [-0.15, -0.1) is 0 Å². The monoisotopic (exact) mass is 356 g/mol. The van der Waals surface area contributed by atoms with Gasteiger partial charge in [0.15, 0.2) is 0 Å². The van der Waals surface area contributed by atoms with Crippen molar-refractivity contribution in [2.24, 2.45) is 5.41 Å². The topological polar surface area (TPSA) is 117 Å². The predicted molar refractivity (Wildman–Crippen MR) is 99.4 cm³/mol. The summed E-state index contributed by atoms with van der Waals surface area (Å²) in [6.07, 6.45) is 2.32. The van der Waals surface area contributed by atoms with Crippen LogP contribution in [0.3, 0.4) is 0 Å². The van der Waals surface area contributed by atoms with Gasteiger partial charge in [0.1, 0.15) is 5.82 Å². The predicted octanol–water partition coefficient (Wildman–Crippen LogP) is 1.29. The van der Waals surface area contributed by atoms with E-state index in [4.69, 9.17) is 5.73 Å². The van der Waals surface area contributed by atoms with E-state index in [1.807, 2.05) is 32.9 Å². The SMILES string of the molecule is CC(C)(C)C(=O)Nc1ncccc1CN1CCc2nc(N)[nH]c(=O)c2C1. The van der Waals surface area contributed by atoms with E-state index in [9.17, 15) is 9.59 Å². The van der Waals surface area contributed by atoms with E-state index in [2.05, 4.69) is 25.2 Å². The lowest BCUT2D eigenvalue weighted by molar-refractivity contribution is -0.123. The van der Waals surface area contributed by atoms with E-state index in [0.717, 1.165) is 17.8 Å². The van der Waals surface area contributed by atoms with Crippen molar-refractivity contribution >= 4 is 17.7 Å². The Kier molecular flexibility index (Phi) is 4.78. The first kappa shape index (κ1) is 18.1. The summed E-state index contributed by atoms with van der Waals surface area (Å²) in [6, 6.07) is 3.78. The van der Waals surface area contributed by atoms with Gasteiger partial charge in [-0.2, -0.15) is 0 Å². The number of hydrogen-bond donors (Lipinski definition) is 3. The third kappa shape index (κ3) is 3.91. The lowest BCUT2D eigenvalue weighted by atomic mass is 9.95. The quantitative estimate of drug-likeness (QED) is 0.763. The molecule has 138 valence electrons. The van der Waals surface area contributed by atoms with Gasteiger partial charge in [0.25, 0.3) is 5.56 Å². The molecule has 1 aliphatic rings. The Labute approximate surface area is 151 Å². The summed E-state index contributed by atoms with van der Waals surface area (Å²) in [5.74, 6) is 0.627. The molecule has 3 heterocycles. The molecule has 0 saturated carbocycles. The zero-order valence-electron chi connectivity index (χ0n) is 15.3. The standard InChI is InChI=1S/C18H24N6O2/c1-18(2,3)16(26)22-14-11(5-4-7-20-14)9-24-8-6-13-12(10-24)15(25)23-17(19)21-13/h4-5,7H,6,8-10H2,1-3H3,(H,20,22,26)(H3,19,21,23,25). The number of rotatable bonds is 3. The molecular formula is C18H24N6O2. The molecule has 0 aromatic carbocycles. The number of amides is 1. The fourth-order valence-corrected chi connectivity index (χ4v) is 2.85. The average molecular weight is 356 g/mol. The Hall–Kier alpha value is -2.74. The molecule has 0 saturated heterocycles. The summed E-state index contributed by atoms with van der Waals surface area (Å²) in [5, 5.41) is 2.90. The summed E-state index contributed by atoms with van der Waals surface area (Å²) in [7, 11) is 0. The normalized spacial score (nSPS) is 14.7. The number of aromatic amines is 1. The number of nitrogens with two attached hydrogens (primary N) is 1. The van der Waals surface area contributed by atoms with Gasteiger partial charge in [-0.25, -0.2) is 9.97 Å². The first-order valence-corrected chi connectivity index (χ1v) is 8.59. The number of anilines is 2. The second-order valence-electron chi connectivity index (χ2n) is 7.55. The molecule has 2 aromatic heterocycles. The summed E-state index contributed by atoms with van der Waals surface area (Å²) in [5.41, 5.74) is 7.24. The van der Waals surface area contributed by atoms with Gasteiger partial charge in [0.2, 0.25) is 11.9 Å². The van der Waals surface area contributed by atoms with E-state index in [1.165, 1.54) is 0 Å². The summed E-state index contributed by atoms with van der Waals surface area (Å²) in [6.45, 7) is 7.40. The number of H-pyrrole nitrogens is 1. The lowest BCUT2D eigenvalue weighted by Gasteiger charge is -2.28. The molecule has 0 unspecified atom stereocenters. The highest BCUT2D eigenvalue weighted by Crippen LogP contribution is 2.22. The van der Waals surface area contributed by atoms with Gasteiger partial charge in [-0.1, -0.05) is 26.8 Å². The van der Waals surface area contributed by atoms with Crippen molar-refractivity contribution in [3.05, 3.63) is 45.5 Å². The highest BCUT2D eigenvalue weighted by molar-refractivity contribution is 5.94. The minimum absolute atomic E-state index is 0.0856. The molecule has 1 amide bonds. The van der Waals surface area contributed by atoms with Crippen LogP contribution in [0.1, 0.15) is 37.6 Å². The smallest absolute Gasteiger partial charge is 0.257 e. The first-order chi connectivity index (χ1) is 12.2. The lowest BCUT2D eigenvalue weighted by Crippen LogP contribution is -2.36. The number of fused-ring (bicyclic) bond motifs is 1. The third-order valence-corrected chi connectivity index (χ3v) is 4.36. The minimum atomic E-state index is -0.502. The van der Waals surface area contributed by atoms with Crippen molar-refractivity contribution in [2.45, 2.75) is 40.3 Å². The molecule has 0 aliphatic carbocycles. The second-order valence-corrected chi connectivity index (χ2v) is 7.55.